The Labute approximate surface area is 118 Å². The first-order valence-electron chi connectivity index (χ1n) is 9.27. The molecule has 0 nitrogen and oxygen atoms in total. The van der Waals surface area contributed by atoms with Crippen molar-refractivity contribution >= 4 is 0 Å². The van der Waals surface area contributed by atoms with Gasteiger partial charge in [-0.15, -0.1) is 0 Å². The summed E-state index contributed by atoms with van der Waals surface area (Å²) in [6, 6.07) is 0. The van der Waals surface area contributed by atoms with Crippen molar-refractivity contribution in [3.63, 3.8) is 0 Å². The maximum atomic E-state index is 7.44. The molecule has 0 aromatic carbocycles. The molecule has 0 bridgehead atoms. The topological polar surface area (TPSA) is 0 Å². The van der Waals surface area contributed by atoms with Gasteiger partial charge in [0.1, 0.15) is 0 Å². The van der Waals surface area contributed by atoms with Gasteiger partial charge < -0.3 is 0 Å². The molecule has 0 saturated carbocycles. The zero-order valence-corrected chi connectivity index (χ0v) is 13.2. The highest BCUT2D eigenvalue weighted by Crippen LogP contribution is 2.13. The Hall–Kier alpha value is 0. The van der Waals surface area contributed by atoms with E-state index in [9.17, 15) is 0 Å². The van der Waals surface area contributed by atoms with Crippen molar-refractivity contribution in [1.82, 2.24) is 0 Å². The Morgan fingerprint density at radius 3 is 1.00 bits per heavy atom. The van der Waals surface area contributed by atoms with Gasteiger partial charge in [-0.1, -0.05) is 117 Å². The highest BCUT2D eigenvalue weighted by atomic mass is 14.0. The van der Waals surface area contributed by atoms with E-state index in [0.29, 0.717) is 0 Å². The zero-order valence-electron chi connectivity index (χ0n) is 14.2. The molecule has 0 aliphatic rings. The van der Waals surface area contributed by atoms with Crippen LogP contribution in [0, 0.1) is 0 Å². The standard InChI is InChI=1S/C18H38/c1-3-5-7-9-11-13-15-17-18-16-14-12-10-8-6-4-2/h3-18H2,1-2H3/i3D. The minimum atomic E-state index is 0.150. The van der Waals surface area contributed by atoms with E-state index < -0.39 is 0 Å². The number of unbranched alkanes of at least 4 members (excludes halogenated alkanes) is 13. The fraction of sp³-hybridized carbons (Fsp3) is 1.00. The van der Waals surface area contributed by atoms with Crippen molar-refractivity contribution in [2.75, 3.05) is 0 Å². The third-order valence-corrected chi connectivity index (χ3v) is 3.85. The first kappa shape index (κ1) is 16.1. The van der Waals surface area contributed by atoms with Crippen LogP contribution in [0.15, 0.2) is 0 Å². The van der Waals surface area contributed by atoms with E-state index in [1.54, 1.807) is 0 Å². The smallest absolute Gasteiger partial charge is 0.0264 e. The summed E-state index contributed by atoms with van der Waals surface area (Å²) in [6.45, 7) is 4.29. The summed E-state index contributed by atoms with van der Waals surface area (Å²) in [4.78, 5) is 0. The van der Waals surface area contributed by atoms with Crippen LogP contribution in [0.25, 0.3) is 0 Å². The lowest BCUT2D eigenvalue weighted by Crippen LogP contribution is -1.83. The summed E-state index contributed by atoms with van der Waals surface area (Å²) in [5.41, 5.74) is 0. The van der Waals surface area contributed by atoms with Gasteiger partial charge in [0.25, 0.3) is 0 Å². The molecule has 110 valence electrons. The molecule has 0 heterocycles. The second-order valence-electron chi connectivity index (χ2n) is 5.79. The van der Waals surface area contributed by atoms with Gasteiger partial charge in [0.2, 0.25) is 0 Å². The lowest BCUT2D eigenvalue weighted by Gasteiger charge is -2.03. The molecule has 0 amide bonds. The summed E-state index contributed by atoms with van der Waals surface area (Å²) in [6.07, 6.45) is 21.1. The van der Waals surface area contributed by atoms with Gasteiger partial charge in [-0.2, -0.15) is 0 Å². The van der Waals surface area contributed by atoms with Gasteiger partial charge in [0.15, 0.2) is 0 Å². The normalized spacial score (nSPS) is 13.6. The molecule has 0 aromatic heterocycles. The van der Waals surface area contributed by atoms with Gasteiger partial charge in [0.05, 0.1) is 0 Å². The van der Waals surface area contributed by atoms with Crippen molar-refractivity contribution in [2.45, 2.75) is 117 Å². The SMILES string of the molecule is [2H]C(C)CCCCCCCCCCCCCCCC. The summed E-state index contributed by atoms with van der Waals surface area (Å²) in [5.74, 6) is 0. The molecular weight excluding hydrogens is 216 g/mol. The van der Waals surface area contributed by atoms with Crippen LogP contribution in [-0.4, -0.2) is 0 Å². The van der Waals surface area contributed by atoms with Gasteiger partial charge in [0, 0.05) is 1.37 Å². The third kappa shape index (κ3) is 16.0. The van der Waals surface area contributed by atoms with E-state index in [1.807, 2.05) is 6.92 Å². The predicted octanol–water partition coefficient (Wildman–Crippen LogP) is 7.27. The molecule has 0 rings (SSSR count). The number of rotatable bonds is 15. The van der Waals surface area contributed by atoms with E-state index >= 15 is 0 Å². The summed E-state index contributed by atoms with van der Waals surface area (Å²) < 4.78 is 7.44. The Kier molecular flexibility index (Phi) is 15.2. The predicted molar refractivity (Wildman–Crippen MR) is 85.2 cm³/mol. The van der Waals surface area contributed by atoms with E-state index in [1.165, 1.54) is 89.9 Å². The molecule has 0 aromatic rings. The monoisotopic (exact) mass is 255 g/mol. The Morgan fingerprint density at radius 1 is 0.444 bits per heavy atom. The summed E-state index contributed by atoms with van der Waals surface area (Å²) >= 11 is 0. The van der Waals surface area contributed by atoms with Gasteiger partial charge >= 0.3 is 0 Å². The van der Waals surface area contributed by atoms with Gasteiger partial charge in [-0.25, -0.2) is 0 Å². The van der Waals surface area contributed by atoms with E-state index in [-0.39, 0.29) is 6.40 Å². The van der Waals surface area contributed by atoms with Crippen LogP contribution in [0.5, 0.6) is 0 Å². The Balaban J connectivity index is 2.91. The van der Waals surface area contributed by atoms with Gasteiger partial charge in [-0.3, -0.25) is 0 Å². The Morgan fingerprint density at radius 2 is 0.722 bits per heavy atom. The molecule has 0 N–H and O–H groups in total. The first-order valence-corrected chi connectivity index (χ1v) is 8.69. The van der Waals surface area contributed by atoms with Crippen LogP contribution < -0.4 is 0 Å². The second-order valence-corrected chi connectivity index (χ2v) is 5.79. The number of hydrogen-bond acceptors (Lipinski definition) is 0. The molecule has 0 saturated heterocycles. The molecular formula is C18H38. The number of hydrogen-bond donors (Lipinski definition) is 0. The van der Waals surface area contributed by atoms with Crippen LogP contribution in [-0.2, 0) is 0 Å². The van der Waals surface area contributed by atoms with Crippen LogP contribution in [0.1, 0.15) is 118 Å². The molecule has 1 atom stereocenters. The fourth-order valence-electron chi connectivity index (χ4n) is 2.54. The molecule has 0 aliphatic carbocycles. The largest absolute Gasteiger partial charge is 0.0654 e. The van der Waals surface area contributed by atoms with Crippen molar-refractivity contribution < 1.29 is 1.37 Å². The van der Waals surface area contributed by atoms with Crippen molar-refractivity contribution in [3.8, 4) is 0 Å². The average Bonchev–Trinajstić information content (AvgIpc) is 2.39. The molecule has 0 aliphatic heterocycles. The maximum absolute atomic E-state index is 7.44. The highest BCUT2D eigenvalue weighted by Gasteiger charge is 1.93. The quantitative estimate of drug-likeness (QED) is 0.270. The zero-order chi connectivity index (χ0) is 14.2. The third-order valence-electron chi connectivity index (χ3n) is 3.85. The van der Waals surface area contributed by atoms with Crippen molar-refractivity contribution in [3.05, 3.63) is 0 Å². The van der Waals surface area contributed by atoms with Crippen LogP contribution >= 0.6 is 0 Å². The average molecular weight is 256 g/mol. The molecule has 18 heavy (non-hydrogen) atoms. The minimum Gasteiger partial charge on any atom is -0.0654 e. The van der Waals surface area contributed by atoms with Gasteiger partial charge in [-0.05, 0) is 0 Å². The summed E-state index contributed by atoms with van der Waals surface area (Å²) in [7, 11) is 0. The molecule has 0 heteroatoms. The molecule has 0 fully saturated rings. The van der Waals surface area contributed by atoms with Crippen molar-refractivity contribution in [2.24, 2.45) is 0 Å². The second kappa shape index (κ2) is 17.0. The molecule has 1 unspecified atom stereocenters. The van der Waals surface area contributed by atoms with Crippen LogP contribution in [0.2, 0.25) is 0 Å². The fourth-order valence-corrected chi connectivity index (χ4v) is 2.54. The molecule has 0 spiro atoms. The van der Waals surface area contributed by atoms with E-state index in [4.69, 9.17) is 1.37 Å². The summed E-state index contributed by atoms with van der Waals surface area (Å²) in [5, 5.41) is 0. The Bertz CT molecular complexity index is 154. The van der Waals surface area contributed by atoms with E-state index in [0.717, 1.165) is 6.42 Å². The van der Waals surface area contributed by atoms with Crippen LogP contribution in [0.3, 0.4) is 0 Å². The van der Waals surface area contributed by atoms with Crippen LogP contribution in [0.4, 0.5) is 0 Å². The maximum Gasteiger partial charge on any atom is 0.0264 e. The van der Waals surface area contributed by atoms with E-state index in [2.05, 4.69) is 6.92 Å². The highest BCUT2D eigenvalue weighted by molar-refractivity contribution is 4.49. The minimum absolute atomic E-state index is 0.150. The first-order chi connectivity index (χ1) is 9.27. The molecule has 0 radical (unpaired) electrons. The lowest BCUT2D eigenvalue weighted by atomic mass is 10.0. The lowest BCUT2D eigenvalue weighted by molar-refractivity contribution is 0.531. The van der Waals surface area contributed by atoms with Crippen molar-refractivity contribution in [1.29, 1.82) is 0 Å².